The Balaban J connectivity index is 1.85. The van der Waals surface area contributed by atoms with Crippen LogP contribution in [-0.4, -0.2) is 42.2 Å². The highest BCUT2D eigenvalue weighted by atomic mass is 16.5. The Morgan fingerprint density at radius 2 is 2.14 bits per heavy atom. The summed E-state index contributed by atoms with van der Waals surface area (Å²) in [6.45, 7) is 9.18. The fraction of sp³-hybridized carbons (Fsp3) is 0.588. The van der Waals surface area contributed by atoms with E-state index in [1.165, 1.54) is 5.56 Å². The molecule has 0 saturated carbocycles. The highest BCUT2D eigenvalue weighted by Crippen LogP contribution is 2.22. The number of hydrogen-bond donors (Lipinski definition) is 1. The van der Waals surface area contributed by atoms with Crippen LogP contribution in [0.4, 0.5) is 0 Å². The number of rotatable bonds is 5. The zero-order valence-electron chi connectivity index (χ0n) is 13.1. The van der Waals surface area contributed by atoms with Crippen molar-refractivity contribution in [1.29, 1.82) is 0 Å². The summed E-state index contributed by atoms with van der Waals surface area (Å²) in [7, 11) is 0. The van der Waals surface area contributed by atoms with Crippen molar-refractivity contribution < 1.29 is 14.6 Å². The number of ether oxygens (including phenoxy) is 1. The van der Waals surface area contributed by atoms with Gasteiger partial charge in [0.2, 0.25) is 0 Å². The molecule has 0 aliphatic carbocycles. The van der Waals surface area contributed by atoms with E-state index in [0.29, 0.717) is 19.1 Å². The number of carboxylic acid groups (broad SMARTS) is 1. The van der Waals surface area contributed by atoms with Gasteiger partial charge in [0.25, 0.3) is 0 Å². The predicted molar refractivity (Wildman–Crippen MR) is 82.8 cm³/mol. The van der Waals surface area contributed by atoms with Gasteiger partial charge in [-0.05, 0) is 43.4 Å². The summed E-state index contributed by atoms with van der Waals surface area (Å²) in [6, 6.07) is 6.19. The first-order chi connectivity index (χ1) is 9.95. The third kappa shape index (κ3) is 4.46. The Morgan fingerprint density at radius 3 is 2.86 bits per heavy atom. The fourth-order valence-electron chi connectivity index (χ4n) is 2.97. The van der Waals surface area contributed by atoms with Crippen LogP contribution in [0.2, 0.25) is 0 Å². The Morgan fingerprint density at radius 1 is 1.38 bits per heavy atom. The Kier molecular flexibility index (Phi) is 5.23. The summed E-state index contributed by atoms with van der Waals surface area (Å²) in [5.41, 5.74) is 2.32. The summed E-state index contributed by atoms with van der Waals surface area (Å²) in [6.07, 6.45) is 0.781. The van der Waals surface area contributed by atoms with Crippen molar-refractivity contribution in [3.63, 3.8) is 0 Å². The maximum Gasteiger partial charge on any atom is 0.307 e. The van der Waals surface area contributed by atoms with Crippen molar-refractivity contribution >= 4 is 5.97 Å². The minimum absolute atomic E-state index is 0.241. The monoisotopic (exact) mass is 291 g/mol. The zero-order chi connectivity index (χ0) is 15.4. The van der Waals surface area contributed by atoms with Crippen molar-refractivity contribution in [2.75, 3.05) is 26.2 Å². The second-order valence-corrected chi connectivity index (χ2v) is 6.25. The second-order valence-electron chi connectivity index (χ2n) is 6.25. The molecule has 4 heteroatoms. The Hall–Kier alpha value is -1.55. The summed E-state index contributed by atoms with van der Waals surface area (Å²) >= 11 is 0. The van der Waals surface area contributed by atoms with E-state index >= 15 is 0 Å². The van der Waals surface area contributed by atoms with Gasteiger partial charge in [-0.1, -0.05) is 19.1 Å². The van der Waals surface area contributed by atoms with Crippen molar-refractivity contribution in [1.82, 2.24) is 4.90 Å². The lowest BCUT2D eigenvalue weighted by molar-refractivity contribution is -0.144. The van der Waals surface area contributed by atoms with Gasteiger partial charge in [0.05, 0.1) is 5.92 Å². The molecule has 21 heavy (non-hydrogen) atoms. The van der Waals surface area contributed by atoms with E-state index in [0.717, 1.165) is 30.8 Å². The molecule has 1 aliphatic heterocycles. The van der Waals surface area contributed by atoms with Crippen LogP contribution in [0.15, 0.2) is 18.2 Å². The van der Waals surface area contributed by atoms with Crippen molar-refractivity contribution in [2.24, 2.45) is 11.8 Å². The van der Waals surface area contributed by atoms with E-state index in [4.69, 9.17) is 4.74 Å². The molecule has 1 heterocycles. The molecule has 2 atom stereocenters. The number of benzene rings is 1. The largest absolute Gasteiger partial charge is 0.492 e. The fourth-order valence-corrected chi connectivity index (χ4v) is 2.97. The summed E-state index contributed by atoms with van der Waals surface area (Å²) in [5.74, 6) is 0.437. The molecule has 0 aromatic heterocycles. The third-order valence-corrected chi connectivity index (χ3v) is 4.09. The Labute approximate surface area is 126 Å². The lowest BCUT2D eigenvalue weighted by Crippen LogP contribution is -2.44. The molecule has 1 fully saturated rings. The van der Waals surface area contributed by atoms with Crippen LogP contribution in [0.1, 0.15) is 24.5 Å². The van der Waals surface area contributed by atoms with Crippen molar-refractivity contribution in [3.8, 4) is 5.75 Å². The number of carboxylic acids is 1. The van der Waals surface area contributed by atoms with Gasteiger partial charge >= 0.3 is 5.97 Å². The smallest absolute Gasteiger partial charge is 0.307 e. The average Bonchev–Trinajstić information content (AvgIpc) is 2.42. The first-order valence-corrected chi connectivity index (χ1v) is 7.61. The zero-order valence-corrected chi connectivity index (χ0v) is 13.1. The minimum Gasteiger partial charge on any atom is -0.492 e. The van der Waals surface area contributed by atoms with Gasteiger partial charge in [-0.15, -0.1) is 0 Å². The molecule has 0 amide bonds. The van der Waals surface area contributed by atoms with Gasteiger partial charge in [0, 0.05) is 19.6 Å². The number of hydrogen-bond acceptors (Lipinski definition) is 3. The van der Waals surface area contributed by atoms with E-state index in [-0.39, 0.29) is 5.92 Å². The predicted octanol–water partition coefficient (Wildman–Crippen LogP) is 2.72. The van der Waals surface area contributed by atoms with Gasteiger partial charge in [-0.25, -0.2) is 0 Å². The van der Waals surface area contributed by atoms with Crippen LogP contribution in [-0.2, 0) is 4.79 Å². The molecular formula is C17H25NO3. The van der Waals surface area contributed by atoms with Crippen LogP contribution in [0.3, 0.4) is 0 Å². The SMILES string of the molecule is Cc1ccc(C)c(OCCN2CC(C)CC(C(=O)O)C2)c1. The minimum atomic E-state index is -0.679. The van der Waals surface area contributed by atoms with E-state index in [9.17, 15) is 9.90 Å². The standard InChI is InChI=1S/C17H25NO3/c1-12-4-5-14(3)16(9-12)21-7-6-18-10-13(2)8-15(11-18)17(19)20/h4-5,9,13,15H,6-8,10-11H2,1-3H3,(H,19,20). The van der Waals surface area contributed by atoms with E-state index < -0.39 is 5.97 Å². The van der Waals surface area contributed by atoms with Crippen LogP contribution in [0, 0.1) is 25.7 Å². The number of likely N-dealkylation sites (tertiary alicyclic amines) is 1. The van der Waals surface area contributed by atoms with E-state index in [1.807, 2.05) is 13.0 Å². The molecule has 1 aliphatic rings. The molecule has 0 radical (unpaired) electrons. The second kappa shape index (κ2) is 6.94. The van der Waals surface area contributed by atoms with E-state index in [2.05, 4.69) is 30.9 Å². The molecule has 2 rings (SSSR count). The molecule has 4 nitrogen and oxygen atoms in total. The van der Waals surface area contributed by atoms with Gasteiger partial charge in [-0.2, -0.15) is 0 Å². The highest BCUT2D eigenvalue weighted by Gasteiger charge is 2.29. The number of piperidine rings is 1. The average molecular weight is 291 g/mol. The lowest BCUT2D eigenvalue weighted by atomic mass is 9.90. The molecular weight excluding hydrogens is 266 g/mol. The number of nitrogens with zero attached hydrogens (tertiary/aromatic N) is 1. The maximum atomic E-state index is 11.2. The first kappa shape index (κ1) is 15.8. The van der Waals surface area contributed by atoms with E-state index in [1.54, 1.807) is 0 Å². The molecule has 2 unspecified atom stereocenters. The third-order valence-electron chi connectivity index (χ3n) is 4.09. The Bertz CT molecular complexity index is 501. The topological polar surface area (TPSA) is 49.8 Å². The molecule has 0 bridgehead atoms. The molecule has 1 aromatic carbocycles. The van der Waals surface area contributed by atoms with Crippen molar-refractivity contribution in [2.45, 2.75) is 27.2 Å². The van der Waals surface area contributed by atoms with Gasteiger partial charge in [-0.3, -0.25) is 9.69 Å². The summed E-state index contributed by atoms with van der Waals surface area (Å²) < 4.78 is 5.86. The normalized spacial score (nSPS) is 23.0. The molecule has 1 N–H and O–H groups in total. The van der Waals surface area contributed by atoms with Gasteiger partial charge in [0.1, 0.15) is 12.4 Å². The van der Waals surface area contributed by atoms with Gasteiger partial charge in [0.15, 0.2) is 0 Å². The molecule has 116 valence electrons. The number of aryl methyl sites for hydroxylation is 2. The first-order valence-electron chi connectivity index (χ1n) is 7.61. The highest BCUT2D eigenvalue weighted by molar-refractivity contribution is 5.70. The van der Waals surface area contributed by atoms with Gasteiger partial charge < -0.3 is 9.84 Å². The number of carbonyl (C=O) groups is 1. The van der Waals surface area contributed by atoms with Crippen LogP contribution >= 0.6 is 0 Å². The number of aliphatic carboxylic acids is 1. The van der Waals surface area contributed by atoms with Crippen LogP contribution in [0.5, 0.6) is 5.75 Å². The van der Waals surface area contributed by atoms with Crippen molar-refractivity contribution in [3.05, 3.63) is 29.3 Å². The molecule has 1 saturated heterocycles. The van der Waals surface area contributed by atoms with Crippen LogP contribution in [0.25, 0.3) is 0 Å². The molecule has 0 spiro atoms. The molecule has 1 aromatic rings. The maximum absolute atomic E-state index is 11.2. The summed E-state index contributed by atoms with van der Waals surface area (Å²) in [4.78, 5) is 13.4. The lowest BCUT2D eigenvalue weighted by Gasteiger charge is -2.34. The van der Waals surface area contributed by atoms with Crippen LogP contribution < -0.4 is 4.74 Å². The quantitative estimate of drug-likeness (QED) is 0.906. The summed E-state index contributed by atoms with van der Waals surface area (Å²) in [5, 5.41) is 9.19.